The third-order valence-corrected chi connectivity index (χ3v) is 3.79. The van der Waals surface area contributed by atoms with E-state index in [1.54, 1.807) is 0 Å². The van der Waals surface area contributed by atoms with E-state index in [0.717, 1.165) is 24.5 Å². The first kappa shape index (κ1) is 12.9. The number of nitrogens with one attached hydrogen (secondary N) is 1. The molecular formula is C14H21ClN2. The van der Waals surface area contributed by atoms with E-state index < -0.39 is 0 Å². The van der Waals surface area contributed by atoms with E-state index in [2.05, 4.69) is 29.3 Å². The average Bonchev–Trinajstić information content (AvgIpc) is 2.39. The van der Waals surface area contributed by atoms with Crippen molar-refractivity contribution in [1.82, 2.24) is 10.2 Å². The van der Waals surface area contributed by atoms with Crippen LogP contribution in [-0.2, 0) is 6.42 Å². The standard InChI is InChI=1S/C14H21ClN2/c1-12(17-10-8-16-9-11-17)2-3-13-4-6-14(15)7-5-13/h4-7,12,16H,2-3,8-11H2,1H3. The van der Waals surface area contributed by atoms with E-state index in [-0.39, 0.29) is 0 Å². The Kier molecular flexibility index (Phi) is 4.84. The number of aryl methyl sites for hydroxylation is 1. The number of hydrogen-bond donors (Lipinski definition) is 1. The molecule has 0 radical (unpaired) electrons. The third kappa shape index (κ3) is 3.98. The molecule has 0 spiro atoms. The van der Waals surface area contributed by atoms with Gasteiger partial charge in [0.15, 0.2) is 0 Å². The first-order valence-corrected chi connectivity index (χ1v) is 6.83. The first-order valence-electron chi connectivity index (χ1n) is 6.45. The molecule has 0 saturated carbocycles. The Bertz CT molecular complexity index is 331. The summed E-state index contributed by atoms with van der Waals surface area (Å²) >= 11 is 5.88. The molecule has 0 amide bonds. The summed E-state index contributed by atoms with van der Waals surface area (Å²) in [5, 5.41) is 4.22. The lowest BCUT2D eigenvalue weighted by Gasteiger charge is -2.32. The van der Waals surface area contributed by atoms with Crippen molar-refractivity contribution in [2.75, 3.05) is 26.2 Å². The van der Waals surface area contributed by atoms with Gasteiger partial charge in [0, 0.05) is 37.2 Å². The van der Waals surface area contributed by atoms with Crippen molar-refractivity contribution in [3.63, 3.8) is 0 Å². The van der Waals surface area contributed by atoms with Crippen LogP contribution in [0.3, 0.4) is 0 Å². The molecule has 1 aliphatic heterocycles. The van der Waals surface area contributed by atoms with Crippen LogP contribution in [0.4, 0.5) is 0 Å². The van der Waals surface area contributed by atoms with Gasteiger partial charge >= 0.3 is 0 Å². The van der Waals surface area contributed by atoms with Crippen molar-refractivity contribution in [1.29, 1.82) is 0 Å². The maximum Gasteiger partial charge on any atom is 0.0406 e. The molecule has 0 aromatic heterocycles. The predicted octanol–water partition coefficient (Wildman–Crippen LogP) is 2.57. The summed E-state index contributed by atoms with van der Waals surface area (Å²) in [5.74, 6) is 0. The van der Waals surface area contributed by atoms with Crippen LogP contribution in [0.5, 0.6) is 0 Å². The van der Waals surface area contributed by atoms with Crippen molar-refractivity contribution in [3.8, 4) is 0 Å². The SMILES string of the molecule is CC(CCc1ccc(Cl)cc1)N1CCNCC1. The molecule has 17 heavy (non-hydrogen) atoms. The van der Waals surface area contributed by atoms with E-state index in [9.17, 15) is 0 Å². The lowest BCUT2D eigenvalue weighted by Crippen LogP contribution is -2.47. The van der Waals surface area contributed by atoms with Crippen LogP contribution in [0.15, 0.2) is 24.3 Å². The van der Waals surface area contributed by atoms with Gasteiger partial charge in [0.2, 0.25) is 0 Å². The van der Waals surface area contributed by atoms with E-state index in [1.807, 2.05) is 12.1 Å². The summed E-state index contributed by atoms with van der Waals surface area (Å²) < 4.78 is 0. The van der Waals surface area contributed by atoms with Crippen molar-refractivity contribution < 1.29 is 0 Å². The molecule has 1 atom stereocenters. The van der Waals surface area contributed by atoms with Crippen LogP contribution in [0.1, 0.15) is 18.9 Å². The monoisotopic (exact) mass is 252 g/mol. The molecule has 0 aliphatic carbocycles. The zero-order chi connectivity index (χ0) is 12.1. The Labute approximate surface area is 109 Å². The smallest absolute Gasteiger partial charge is 0.0406 e. The minimum Gasteiger partial charge on any atom is -0.314 e. The molecule has 1 fully saturated rings. The zero-order valence-electron chi connectivity index (χ0n) is 10.5. The Morgan fingerprint density at radius 3 is 2.53 bits per heavy atom. The molecule has 1 unspecified atom stereocenters. The Hall–Kier alpha value is -0.570. The van der Waals surface area contributed by atoms with Crippen molar-refractivity contribution in [2.24, 2.45) is 0 Å². The molecule has 94 valence electrons. The van der Waals surface area contributed by atoms with Gasteiger partial charge in [-0.1, -0.05) is 23.7 Å². The highest BCUT2D eigenvalue weighted by Crippen LogP contribution is 2.13. The Morgan fingerprint density at radius 2 is 1.88 bits per heavy atom. The number of benzene rings is 1. The van der Waals surface area contributed by atoms with Gasteiger partial charge in [-0.25, -0.2) is 0 Å². The summed E-state index contributed by atoms with van der Waals surface area (Å²) in [6.07, 6.45) is 2.36. The van der Waals surface area contributed by atoms with Crippen LogP contribution in [0.25, 0.3) is 0 Å². The van der Waals surface area contributed by atoms with Crippen LogP contribution in [-0.4, -0.2) is 37.1 Å². The van der Waals surface area contributed by atoms with Crippen molar-refractivity contribution in [2.45, 2.75) is 25.8 Å². The van der Waals surface area contributed by atoms with Gasteiger partial charge in [0.25, 0.3) is 0 Å². The Balaban J connectivity index is 1.78. The summed E-state index contributed by atoms with van der Waals surface area (Å²) in [4.78, 5) is 2.58. The number of halogens is 1. The number of piperazine rings is 1. The van der Waals surface area contributed by atoms with E-state index in [4.69, 9.17) is 11.6 Å². The van der Waals surface area contributed by atoms with Gasteiger partial charge in [-0.15, -0.1) is 0 Å². The largest absolute Gasteiger partial charge is 0.314 e. The summed E-state index contributed by atoms with van der Waals surface area (Å²) in [6.45, 7) is 6.96. The third-order valence-electron chi connectivity index (χ3n) is 3.54. The lowest BCUT2D eigenvalue weighted by atomic mass is 10.0. The average molecular weight is 253 g/mol. The van der Waals surface area contributed by atoms with Crippen LogP contribution in [0.2, 0.25) is 5.02 Å². The maximum atomic E-state index is 5.88. The van der Waals surface area contributed by atoms with Gasteiger partial charge in [0.1, 0.15) is 0 Å². The quantitative estimate of drug-likeness (QED) is 0.886. The normalized spacial score (nSPS) is 19.2. The van der Waals surface area contributed by atoms with Crippen molar-refractivity contribution in [3.05, 3.63) is 34.9 Å². The molecule has 3 heteroatoms. The minimum absolute atomic E-state index is 0.674. The molecule has 2 rings (SSSR count). The molecular weight excluding hydrogens is 232 g/mol. The highest BCUT2D eigenvalue weighted by Gasteiger charge is 2.15. The fourth-order valence-electron chi connectivity index (χ4n) is 2.33. The molecule has 1 N–H and O–H groups in total. The second kappa shape index (κ2) is 6.39. The first-order chi connectivity index (χ1) is 8.25. The second-order valence-electron chi connectivity index (χ2n) is 4.80. The van der Waals surface area contributed by atoms with Crippen molar-refractivity contribution >= 4 is 11.6 Å². The second-order valence-corrected chi connectivity index (χ2v) is 5.24. The zero-order valence-corrected chi connectivity index (χ0v) is 11.2. The van der Waals surface area contributed by atoms with Gasteiger partial charge in [0.05, 0.1) is 0 Å². The van der Waals surface area contributed by atoms with E-state index in [1.165, 1.54) is 25.1 Å². The molecule has 1 aliphatic rings. The maximum absolute atomic E-state index is 5.88. The number of hydrogen-bond acceptors (Lipinski definition) is 2. The molecule has 1 aromatic rings. The number of rotatable bonds is 4. The van der Waals surface area contributed by atoms with Crippen LogP contribution < -0.4 is 5.32 Å². The lowest BCUT2D eigenvalue weighted by molar-refractivity contribution is 0.177. The van der Waals surface area contributed by atoms with Gasteiger partial charge in [-0.05, 0) is 37.5 Å². The minimum atomic E-state index is 0.674. The molecule has 0 bridgehead atoms. The fraction of sp³-hybridized carbons (Fsp3) is 0.571. The highest BCUT2D eigenvalue weighted by atomic mass is 35.5. The van der Waals surface area contributed by atoms with Gasteiger partial charge in [-0.3, -0.25) is 4.90 Å². The summed E-state index contributed by atoms with van der Waals surface area (Å²) in [7, 11) is 0. The van der Waals surface area contributed by atoms with E-state index in [0.29, 0.717) is 6.04 Å². The molecule has 2 nitrogen and oxygen atoms in total. The Morgan fingerprint density at radius 1 is 1.24 bits per heavy atom. The fourth-order valence-corrected chi connectivity index (χ4v) is 2.46. The van der Waals surface area contributed by atoms with Crippen LogP contribution in [0, 0.1) is 0 Å². The summed E-state index contributed by atoms with van der Waals surface area (Å²) in [6, 6.07) is 8.89. The molecule has 1 saturated heterocycles. The van der Waals surface area contributed by atoms with Gasteiger partial charge in [-0.2, -0.15) is 0 Å². The van der Waals surface area contributed by atoms with Gasteiger partial charge < -0.3 is 5.32 Å². The predicted molar refractivity (Wildman–Crippen MR) is 73.7 cm³/mol. The number of nitrogens with zero attached hydrogens (tertiary/aromatic N) is 1. The summed E-state index contributed by atoms with van der Waals surface area (Å²) in [5.41, 5.74) is 1.39. The molecule has 1 heterocycles. The topological polar surface area (TPSA) is 15.3 Å². The highest BCUT2D eigenvalue weighted by molar-refractivity contribution is 6.30. The van der Waals surface area contributed by atoms with E-state index >= 15 is 0 Å². The van der Waals surface area contributed by atoms with Crippen LogP contribution >= 0.6 is 11.6 Å². The molecule has 1 aromatic carbocycles.